The molecule has 1 aromatic heterocycles. The Kier molecular flexibility index (Phi) is 4.80. The highest BCUT2D eigenvalue weighted by Gasteiger charge is 2.37. The SMILES string of the molecule is CCOc1ccc(-c2nc(C(=O)NN)cnc2C(F)(F)F)cc1. The molecule has 0 atom stereocenters. The molecule has 0 spiro atoms. The molecule has 2 aromatic rings. The standard InChI is InChI=1S/C14H13F3N4O2/c1-2-23-9-5-3-8(4-6-9)11-12(14(15,16)17)19-7-10(20-11)13(22)21-18/h3-7H,2,18H2,1H3,(H,21,22). The first-order chi connectivity index (χ1) is 10.9. The van der Waals surface area contributed by atoms with Crippen LogP contribution in [0, 0.1) is 0 Å². The number of halogens is 3. The fourth-order valence-corrected chi connectivity index (χ4v) is 1.86. The molecular weight excluding hydrogens is 313 g/mol. The zero-order valence-electron chi connectivity index (χ0n) is 12.0. The van der Waals surface area contributed by atoms with Crippen molar-refractivity contribution in [2.75, 3.05) is 6.61 Å². The van der Waals surface area contributed by atoms with E-state index in [1.54, 1.807) is 12.3 Å². The van der Waals surface area contributed by atoms with Gasteiger partial charge in [-0.2, -0.15) is 13.2 Å². The smallest absolute Gasteiger partial charge is 0.435 e. The maximum Gasteiger partial charge on any atom is 0.435 e. The third-order valence-electron chi connectivity index (χ3n) is 2.84. The quantitative estimate of drug-likeness (QED) is 0.510. The molecule has 1 aromatic carbocycles. The Morgan fingerprint density at radius 3 is 2.48 bits per heavy atom. The molecule has 0 saturated carbocycles. The second-order valence-electron chi connectivity index (χ2n) is 4.38. The van der Waals surface area contributed by atoms with Gasteiger partial charge in [0.05, 0.1) is 12.8 Å². The van der Waals surface area contributed by atoms with Crippen LogP contribution < -0.4 is 16.0 Å². The second-order valence-corrected chi connectivity index (χ2v) is 4.38. The largest absolute Gasteiger partial charge is 0.494 e. The van der Waals surface area contributed by atoms with Crippen LogP contribution in [0.1, 0.15) is 23.1 Å². The summed E-state index contributed by atoms with van der Waals surface area (Å²) < 4.78 is 44.5. The molecule has 0 saturated heterocycles. The fourth-order valence-electron chi connectivity index (χ4n) is 1.86. The van der Waals surface area contributed by atoms with Crippen LogP contribution in [-0.4, -0.2) is 22.5 Å². The molecule has 0 radical (unpaired) electrons. The van der Waals surface area contributed by atoms with Gasteiger partial charge in [-0.3, -0.25) is 10.2 Å². The topological polar surface area (TPSA) is 90.1 Å². The molecule has 6 nitrogen and oxygen atoms in total. The van der Waals surface area contributed by atoms with Crippen LogP contribution in [0.25, 0.3) is 11.3 Å². The maximum atomic E-state index is 13.1. The van der Waals surface area contributed by atoms with E-state index in [9.17, 15) is 18.0 Å². The maximum absolute atomic E-state index is 13.1. The van der Waals surface area contributed by atoms with E-state index in [0.717, 1.165) is 6.20 Å². The molecule has 23 heavy (non-hydrogen) atoms. The van der Waals surface area contributed by atoms with Crippen LogP contribution in [0.4, 0.5) is 13.2 Å². The fraction of sp³-hybridized carbons (Fsp3) is 0.214. The lowest BCUT2D eigenvalue weighted by Crippen LogP contribution is -2.31. The van der Waals surface area contributed by atoms with Crippen LogP contribution in [0.3, 0.4) is 0 Å². The van der Waals surface area contributed by atoms with Gasteiger partial charge < -0.3 is 4.74 Å². The third kappa shape index (κ3) is 3.75. The molecule has 0 aliphatic rings. The van der Waals surface area contributed by atoms with E-state index in [-0.39, 0.29) is 11.3 Å². The first-order valence-electron chi connectivity index (χ1n) is 6.55. The number of carbonyl (C=O) groups is 1. The van der Waals surface area contributed by atoms with Gasteiger partial charge in [0, 0.05) is 5.56 Å². The predicted molar refractivity (Wildman–Crippen MR) is 75.3 cm³/mol. The molecule has 2 rings (SSSR count). The monoisotopic (exact) mass is 326 g/mol. The van der Waals surface area contributed by atoms with Gasteiger partial charge in [-0.25, -0.2) is 15.8 Å². The Bertz CT molecular complexity index is 702. The van der Waals surface area contributed by atoms with Crippen LogP contribution in [-0.2, 0) is 6.18 Å². The molecule has 3 N–H and O–H groups in total. The summed E-state index contributed by atoms with van der Waals surface area (Å²) in [6.07, 6.45) is -3.98. The molecule has 122 valence electrons. The summed E-state index contributed by atoms with van der Waals surface area (Å²) in [7, 11) is 0. The minimum atomic E-state index is -4.71. The number of ether oxygens (including phenoxy) is 1. The first-order valence-corrected chi connectivity index (χ1v) is 6.55. The minimum absolute atomic E-state index is 0.153. The van der Waals surface area contributed by atoms with Gasteiger partial charge in [0.25, 0.3) is 5.91 Å². The van der Waals surface area contributed by atoms with Crippen LogP contribution in [0.5, 0.6) is 5.75 Å². The summed E-state index contributed by atoms with van der Waals surface area (Å²) in [5, 5.41) is 0. The van der Waals surface area contributed by atoms with E-state index >= 15 is 0 Å². The molecule has 1 heterocycles. The van der Waals surface area contributed by atoms with Gasteiger partial charge in [-0.15, -0.1) is 0 Å². The number of nitrogens with zero attached hydrogens (tertiary/aromatic N) is 2. The number of nitrogen functional groups attached to an aromatic ring is 1. The number of amides is 1. The van der Waals surface area contributed by atoms with Crippen molar-refractivity contribution in [3.05, 3.63) is 41.9 Å². The van der Waals surface area contributed by atoms with E-state index in [0.29, 0.717) is 12.4 Å². The molecule has 0 bridgehead atoms. The lowest BCUT2D eigenvalue weighted by Gasteiger charge is -2.12. The number of carbonyl (C=O) groups excluding carboxylic acids is 1. The molecule has 1 amide bonds. The highest BCUT2D eigenvalue weighted by atomic mass is 19.4. The minimum Gasteiger partial charge on any atom is -0.494 e. The Morgan fingerprint density at radius 2 is 1.96 bits per heavy atom. The normalized spacial score (nSPS) is 11.2. The van der Waals surface area contributed by atoms with Gasteiger partial charge >= 0.3 is 6.18 Å². The number of hydrogen-bond acceptors (Lipinski definition) is 5. The molecule has 0 unspecified atom stereocenters. The number of hydrazine groups is 1. The van der Waals surface area contributed by atoms with Gasteiger partial charge in [-0.1, -0.05) is 0 Å². The van der Waals surface area contributed by atoms with Gasteiger partial charge in [-0.05, 0) is 31.2 Å². The van der Waals surface area contributed by atoms with E-state index in [1.165, 1.54) is 24.3 Å². The van der Waals surface area contributed by atoms with E-state index in [1.807, 2.05) is 0 Å². The number of rotatable bonds is 4. The van der Waals surface area contributed by atoms with Crippen molar-refractivity contribution < 1.29 is 22.7 Å². The Labute approximate surface area is 129 Å². The lowest BCUT2D eigenvalue weighted by atomic mass is 10.1. The predicted octanol–water partition coefficient (Wildman–Crippen LogP) is 2.16. The summed E-state index contributed by atoms with van der Waals surface area (Å²) in [6.45, 7) is 2.22. The number of alkyl halides is 3. The second kappa shape index (κ2) is 6.61. The summed E-state index contributed by atoms with van der Waals surface area (Å²) >= 11 is 0. The average Bonchev–Trinajstić information content (AvgIpc) is 2.53. The molecular formula is C14H13F3N4O2. The number of nitrogens with two attached hydrogens (primary N) is 1. The van der Waals surface area contributed by atoms with E-state index in [2.05, 4.69) is 9.97 Å². The number of benzene rings is 1. The number of nitrogens with one attached hydrogen (secondary N) is 1. The Hall–Kier alpha value is -2.68. The molecule has 0 aliphatic carbocycles. The van der Waals surface area contributed by atoms with E-state index in [4.69, 9.17) is 10.6 Å². The third-order valence-corrected chi connectivity index (χ3v) is 2.84. The zero-order chi connectivity index (χ0) is 17.0. The van der Waals surface area contributed by atoms with Crippen LogP contribution >= 0.6 is 0 Å². The van der Waals surface area contributed by atoms with Crippen molar-refractivity contribution in [3.63, 3.8) is 0 Å². The zero-order valence-corrected chi connectivity index (χ0v) is 12.0. The van der Waals surface area contributed by atoms with Crippen LogP contribution in [0.2, 0.25) is 0 Å². The summed E-state index contributed by atoms with van der Waals surface area (Å²) in [5.74, 6) is 4.64. The number of aromatic nitrogens is 2. The average molecular weight is 326 g/mol. The van der Waals surface area contributed by atoms with Crippen molar-refractivity contribution in [3.8, 4) is 17.0 Å². The van der Waals surface area contributed by atoms with Gasteiger partial charge in [0.15, 0.2) is 5.69 Å². The molecule has 0 aliphatic heterocycles. The Balaban J connectivity index is 2.54. The molecule has 9 heteroatoms. The van der Waals surface area contributed by atoms with Crippen molar-refractivity contribution in [2.24, 2.45) is 5.84 Å². The van der Waals surface area contributed by atoms with Gasteiger partial charge in [0.2, 0.25) is 0 Å². The summed E-state index contributed by atoms with van der Waals surface area (Å²) in [4.78, 5) is 18.5. The molecule has 0 fully saturated rings. The van der Waals surface area contributed by atoms with Crippen molar-refractivity contribution >= 4 is 5.91 Å². The summed E-state index contributed by atoms with van der Waals surface area (Å²) in [5.41, 5.74) is -0.00312. The number of hydrogen-bond donors (Lipinski definition) is 2. The van der Waals surface area contributed by atoms with Crippen molar-refractivity contribution in [2.45, 2.75) is 13.1 Å². The first kappa shape index (κ1) is 16.7. The van der Waals surface area contributed by atoms with Crippen molar-refractivity contribution in [1.82, 2.24) is 15.4 Å². The summed E-state index contributed by atoms with van der Waals surface area (Å²) in [6, 6.07) is 5.84. The Morgan fingerprint density at radius 1 is 1.30 bits per heavy atom. The van der Waals surface area contributed by atoms with Crippen molar-refractivity contribution in [1.29, 1.82) is 0 Å². The van der Waals surface area contributed by atoms with E-state index < -0.39 is 23.5 Å². The van der Waals surface area contributed by atoms with Crippen LogP contribution in [0.15, 0.2) is 30.5 Å². The lowest BCUT2D eigenvalue weighted by molar-refractivity contribution is -0.140. The highest BCUT2D eigenvalue weighted by molar-refractivity contribution is 5.92. The van der Waals surface area contributed by atoms with Gasteiger partial charge in [0.1, 0.15) is 17.1 Å². The highest BCUT2D eigenvalue weighted by Crippen LogP contribution is 2.34.